The molecule has 0 amide bonds. The van der Waals surface area contributed by atoms with Gasteiger partial charge in [-0.15, -0.1) is 0 Å². The lowest BCUT2D eigenvalue weighted by molar-refractivity contribution is 0.0964. The zero-order chi connectivity index (χ0) is 18.3. The van der Waals surface area contributed by atoms with Gasteiger partial charge in [0.25, 0.3) is 5.91 Å². The van der Waals surface area contributed by atoms with Crippen LogP contribution in [0, 0.1) is 5.82 Å². The molecule has 0 radical (unpaired) electrons. The molecule has 2 heterocycles. The molecule has 0 saturated carbocycles. The number of piperidine rings is 1. The Morgan fingerprint density at radius 1 is 1.12 bits per heavy atom. The quantitative estimate of drug-likeness (QED) is 0.639. The average Bonchev–Trinajstić information content (AvgIpc) is 3.01. The van der Waals surface area contributed by atoms with Crippen molar-refractivity contribution in [2.75, 3.05) is 20.1 Å². The first kappa shape index (κ1) is 17.3. The molecule has 0 N–H and O–H groups in total. The molecule has 134 valence electrons. The highest BCUT2D eigenvalue weighted by atomic mass is 35.5. The molecule has 0 aliphatic carbocycles. The van der Waals surface area contributed by atoms with Gasteiger partial charge in [0.2, 0.25) is 0 Å². The second-order valence-corrected chi connectivity index (χ2v) is 7.44. The van der Waals surface area contributed by atoms with Gasteiger partial charge in [-0.05, 0) is 86.9 Å². The van der Waals surface area contributed by atoms with Crippen LogP contribution in [-0.4, -0.2) is 35.5 Å². The van der Waals surface area contributed by atoms with Crippen LogP contribution in [-0.2, 0) is 0 Å². The average molecular weight is 371 g/mol. The Bertz CT molecular complexity index is 956. The molecule has 3 nitrogen and oxygen atoms in total. The van der Waals surface area contributed by atoms with E-state index in [1.165, 1.54) is 29.8 Å². The number of rotatable bonds is 2. The molecular formula is C21H20ClFN2O. The standard InChI is InChI=1S/C21H20ClFN2O/c1-24-10-8-14(9-11-24)19-13-25(20-7-4-16(22)12-18(19)20)21(26)15-2-5-17(23)6-3-15/h2-7,12-14H,8-11H2,1H3. The number of carbonyl (C=O) groups excluding carboxylic acids is 1. The summed E-state index contributed by atoms with van der Waals surface area (Å²) in [6.07, 6.45) is 4.07. The summed E-state index contributed by atoms with van der Waals surface area (Å²) < 4.78 is 14.9. The van der Waals surface area contributed by atoms with Crippen LogP contribution in [0.1, 0.15) is 34.7 Å². The van der Waals surface area contributed by atoms with Gasteiger partial charge in [0.15, 0.2) is 0 Å². The van der Waals surface area contributed by atoms with E-state index in [4.69, 9.17) is 11.6 Å². The Morgan fingerprint density at radius 3 is 2.50 bits per heavy atom. The first-order chi connectivity index (χ1) is 12.5. The van der Waals surface area contributed by atoms with Gasteiger partial charge >= 0.3 is 0 Å². The highest BCUT2D eigenvalue weighted by molar-refractivity contribution is 6.31. The maximum Gasteiger partial charge on any atom is 0.262 e. The maximum absolute atomic E-state index is 13.2. The molecule has 3 aromatic rings. The Balaban J connectivity index is 1.80. The molecule has 0 atom stereocenters. The lowest BCUT2D eigenvalue weighted by atomic mass is 9.89. The van der Waals surface area contributed by atoms with Crippen molar-refractivity contribution in [2.45, 2.75) is 18.8 Å². The minimum atomic E-state index is -0.349. The van der Waals surface area contributed by atoms with Crippen LogP contribution in [0.2, 0.25) is 5.02 Å². The number of benzene rings is 2. The molecule has 1 saturated heterocycles. The second kappa shape index (κ2) is 6.86. The number of nitrogens with zero attached hydrogens (tertiary/aromatic N) is 2. The van der Waals surface area contributed by atoms with Crippen LogP contribution in [0.5, 0.6) is 0 Å². The van der Waals surface area contributed by atoms with E-state index in [0.717, 1.165) is 36.8 Å². The summed E-state index contributed by atoms with van der Waals surface area (Å²) in [6, 6.07) is 11.3. The van der Waals surface area contributed by atoms with Crippen LogP contribution in [0.3, 0.4) is 0 Å². The number of hydrogen-bond acceptors (Lipinski definition) is 2. The number of aromatic nitrogens is 1. The Kier molecular flexibility index (Phi) is 4.55. The van der Waals surface area contributed by atoms with Crippen molar-refractivity contribution in [1.82, 2.24) is 9.47 Å². The van der Waals surface area contributed by atoms with E-state index in [1.807, 2.05) is 18.3 Å². The van der Waals surface area contributed by atoms with Gasteiger partial charge in [0, 0.05) is 22.2 Å². The summed E-state index contributed by atoms with van der Waals surface area (Å²) in [5.41, 5.74) is 2.48. The van der Waals surface area contributed by atoms with E-state index in [-0.39, 0.29) is 11.7 Å². The number of likely N-dealkylation sites (tertiary alicyclic amines) is 1. The Hall–Kier alpha value is -2.17. The monoisotopic (exact) mass is 370 g/mol. The molecule has 26 heavy (non-hydrogen) atoms. The molecule has 1 aliphatic heterocycles. The van der Waals surface area contributed by atoms with Crippen LogP contribution < -0.4 is 0 Å². The minimum Gasteiger partial charge on any atom is -0.306 e. The molecule has 5 heteroatoms. The summed E-state index contributed by atoms with van der Waals surface area (Å²) >= 11 is 6.23. The summed E-state index contributed by atoms with van der Waals surface area (Å²) in [4.78, 5) is 15.3. The van der Waals surface area contributed by atoms with Crippen LogP contribution in [0.15, 0.2) is 48.7 Å². The summed E-state index contributed by atoms with van der Waals surface area (Å²) in [7, 11) is 2.13. The third-order valence-electron chi connectivity index (χ3n) is 5.27. The second-order valence-electron chi connectivity index (χ2n) is 7.01. The van der Waals surface area contributed by atoms with Gasteiger partial charge in [0.05, 0.1) is 5.52 Å². The number of carbonyl (C=O) groups is 1. The van der Waals surface area contributed by atoms with Crippen molar-refractivity contribution in [3.8, 4) is 0 Å². The number of halogens is 2. The van der Waals surface area contributed by atoms with Crippen molar-refractivity contribution in [3.63, 3.8) is 0 Å². The molecule has 1 aromatic heterocycles. The highest BCUT2D eigenvalue weighted by Gasteiger charge is 2.24. The topological polar surface area (TPSA) is 25.2 Å². The minimum absolute atomic E-state index is 0.156. The Labute approximate surface area is 157 Å². The summed E-state index contributed by atoms with van der Waals surface area (Å²) in [5, 5.41) is 1.70. The fraction of sp³-hybridized carbons (Fsp3) is 0.286. The van der Waals surface area contributed by atoms with Gasteiger partial charge < -0.3 is 4.90 Å². The molecule has 0 unspecified atom stereocenters. The van der Waals surface area contributed by atoms with Gasteiger partial charge in [-0.1, -0.05) is 11.6 Å². The molecule has 2 aromatic carbocycles. The highest BCUT2D eigenvalue weighted by Crippen LogP contribution is 2.35. The lowest BCUT2D eigenvalue weighted by Gasteiger charge is -2.28. The normalized spacial score (nSPS) is 16.3. The van der Waals surface area contributed by atoms with E-state index in [1.54, 1.807) is 10.6 Å². The van der Waals surface area contributed by atoms with Crippen molar-refractivity contribution in [2.24, 2.45) is 0 Å². The van der Waals surface area contributed by atoms with E-state index >= 15 is 0 Å². The first-order valence-electron chi connectivity index (χ1n) is 8.82. The fourth-order valence-electron chi connectivity index (χ4n) is 3.77. The molecule has 4 rings (SSSR count). The zero-order valence-electron chi connectivity index (χ0n) is 14.6. The smallest absolute Gasteiger partial charge is 0.262 e. The number of fused-ring (bicyclic) bond motifs is 1. The van der Waals surface area contributed by atoms with Crippen molar-refractivity contribution < 1.29 is 9.18 Å². The third kappa shape index (κ3) is 3.15. The number of hydrogen-bond donors (Lipinski definition) is 0. The SMILES string of the molecule is CN1CCC(c2cn(C(=O)c3ccc(F)cc3)c3ccc(Cl)cc23)CC1. The largest absolute Gasteiger partial charge is 0.306 e. The zero-order valence-corrected chi connectivity index (χ0v) is 15.3. The van der Waals surface area contributed by atoms with E-state index in [2.05, 4.69) is 11.9 Å². The molecule has 1 aliphatic rings. The third-order valence-corrected chi connectivity index (χ3v) is 5.50. The van der Waals surface area contributed by atoms with Crippen LogP contribution in [0.25, 0.3) is 10.9 Å². The first-order valence-corrected chi connectivity index (χ1v) is 9.20. The van der Waals surface area contributed by atoms with Gasteiger partial charge in [-0.3, -0.25) is 9.36 Å². The van der Waals surface area contributed by atoms with Crippen LogP contribution >= 0.6 is 11.6 Å². The lowest BCUT2D eigenvalue weighted by Crippen LogP contribution is -2.29. The van der Waals surface area contributed by atoms with E-state index < -0.39 is 0 Å². The fourth-order valence-corrected chi connectivity index (χ4v) is 3.94. The molecule has 1 fully saturated rings. The summed E-state index contributed by atoms with van der Waals surface area (Å²) in [5.74, 6) is -0.0938. The Morgan fingerprint density at radius 2 is 1.81 bits per heavy atom. The van der Waals surface area contributed by atoms with E-state index in [0.29, 0.717) is 16.5 Å². The predicted molar refractivity (Wildman–Crippen MR) is 103 cm³/mol. The van der Waals surface area contributed by atoms with Crippen molar-refractivity contribution in [1.29, 1.82) is 0 Å². The van der Waals surface area contributed by atoms with Gasteiger partial charge in [0.1, 0.15) is 5.82 Å². The predicted octanol–water partition coefficient (Wildman–Crippen LogP) is 4.93. The van der Waals surface area contributed by atoms with Crippen molar-refractivity contribution >= 4 is 28.4 Å². The molecule has 0 bridgehead atoms. The van der Waals surface area contributed by atoms with Gasteiger partial charge in [-0.25, -0.2) is 4.39 Å². The maximum atomic E-state index is 13.2. The van der Waals surface area contributed by atoms with E-state index in [9.17, 15) is 9.18 Å². The van der Waals surface area contributed by atoms with Crippen molar-refractivity contribution in [3.05, 3.63) is 70.6 Å². The van der Waals surface area contributed by atoms with Gasteiger partial charge in [-0.2, -0.15) is 0 Å². The van der Waals surface area contributed by atoms with Crippen LogP contribution in [0.4, 0.5) is 4.39 Å². The summed E-state index contributed by atoms with van der Waals surface area (Å²) in [6.45, 7) is 2.09. The molecular weight excluding hydrogens is 351 g/mol. The molecule has 0 spiro atoms.